The Morgan fingerprint density at radius 1 is 0.963 bits per heavy atom. The van der Waals surface area contributed by atoms with Crippen molar-refractivity contribution in [1.82, 2.24) is 9.44 Å². The minimum Gasteiger partial charge on any atom is -0.212 e. The molecule has 6 nitrogen and oxygen atoms in total. The highest BCUT2D eigenvalue weighted by atomic mass is 32.2. The van der Waals surface area contributed by atoms with Gasteiger partial charge in [-0.05, 0) is 43.2 Å². The first kappa shape index (κ1) is 21.4. The van der Waals surface area contributed by atoms with Crippen LogP contribution < -0.4 is 9.44 Å². The lowest BCUT2D eigenvalue weighted by atomic mass is 10.1. The van der Waals surface area contributed by atoms with Gasteiger partial charge in [0.1, 0.15) is 16.5 Å². The summed E-state index contributed by atoms with van der Waals surface area (Å²) in [6.45, 7) is 3.10. The van der Waals surface area contributed by atoms with Crippen LogP contribution in [-0.4, -0.2) is 22.9 Å². The van der Waals surface area contributed by atoms with E-state index in [2.05, 4.69) is 9.44 Å². The van der Waals surface area contributed by atoms with Crippen LogP contribution in [0.4, 0.5) is 8.78 Å². The fourth-order valence-corrected chi connectivity index (χ4v) is 5.00. The van der Waals surface area contributed by atoms with Gasteiger partial charge in [0.25, 0.3) is 0 Å². The molecule has 148 valence electrons. The summed E-state index contributed by atoms with van der Waals surface area (Å²) in [6, 6.07) is 8.22. The molecule has 0 saturated heterocycles. The lowest BCUT2D eigenvalue weighted by Crippen LogP contribution is -2.32. The van der Waals surface area contributed by atoms with Crippen LogP contribution in [-0.2, 0) is 32.3 Å². The molecule has 0 saturated carbocycles. The van der Waals surface area contributed by atoms with Gasteiger partial charge in [0.2, 0.25) is 20.0 Å². The summed E-state index contributed by atoms with van der Waals surface area (Å²) >= 11 is 0. The summed E-state index contributed by atoms with van der Waals surface area (Å²) in [7, 11) is -7.93. The van der Waals surface area contributed by atoms with Crippen LogP contribution in [0.3, 0.4) is 0 Å². The predicted molar refractivity (Wildman–Crippen MR) is 97.7 cm³/mol. The Morgan fingerprint density at radius 2 is 1.59 bits per heavy atom. The van der Waals surface area contributed by atoms with E-state index in [1.165, 1.54) is 0 Å². The maximum Gasteiger partial charge on any atom is 0.243 e. The van der Waals surface area contributed by atoms with E-state index < -0.39 is 36.6 Å². The van der Waals surface area contributed by atoms with E-state index >= 15 is 0 Å². The number of sulfonamides is 2. The summed E-state index contributed by atoms with van der Waals surface area (Å²) in [5.74, 6) is -2.30. The monoisotopic (exact) mass is 418 g/mol. The third-order valence-corrected chi connectivity index (χ3v) is 6.45. The maximum absolute atomic E-state index is 13.7. The Labute approximate surface area is 157 Å². The van der Waals surface area contributed by atoms with Crippen LogP contribution in [0.15, 0.2) is 47.4 Å². The summed E-state index contributed by atoms with van der Waals surface area (Å²) in [5, 5.41) is 0. The zero-order valence-electron chi connectivity index (χ0n) is 14.7. The molecular formula is C17H20F2N2O4S2. The Morgan fingerprint density at radius 3 is 2.22 bits per heavy atom. The topological polar surface area (TPSA) is 92.3 Å². The molecule has 10 heteroatoms. The first-order chi connectivity index (χ1) is 12.5. The van der Waals surface area contributed by atoms with Crippen molar-refractivity contribution < 1.29 is 25.6 Å². The molecule has 0 unspecified atom stereocenters. The van der Waals surface area contributed by atoms with E-state index in [1.54, 1.807) is 38.1 Å². The van der Waals surface area contributed by atoms with Gasteiger partial charge in [-0.2, -0.15) is 0 Å². The summed E-state index contributed by atoms with van der Waals surface area (Å²) < 4.78 is 80.4. The van der Waals surface area contributed by atoms with Crippen molar-refractivity contribution in [1.29, 1.82) is 0 Å². The highest BCUT2D eigenvalue weighted by Gasteiger charge is 2.21. The van der Waals surface area contributed by atoms with Gasteiger partial charge in [0, 0.05) is 12.6 Å². The van der Waals surface area contributed by atoms with Crippen molar-refractivity contribution in [3.05, 3.63) is 65.2 Å². The number of nitrogens with one attached hydrogen (secondary N) is 2. The van der Waals surface area contributed by atoms with E-state index in [0.29, 0.717) is 17.2 Å². The highest BCUT2D eigenvalue weighted by Crippen LogP contribution is 2.17. The smallest absolute Gasteiger partial charge is 0.212 e. The van der Waals surface area contributed by atoms with Gasteiger partial charge in [0.05, 0.1) is 5.75 Å². The van der Waals surface area contributed by atoms with Crippen molar-refractivity contribution >= 4 is 20.0 Å². The van der Waals surface area contributed by atoms with E-state index in [4.69, 9.17) is 0 Å². The van der Waals surface area contributed by atoms with Gasteiger partial charge in [-0.1, -0.05) is 24.3 Å². The Balaban J connectivity index is 2.23. The minimum absolute atomic E-state index is 0.272. The normalized spacial score (nSPS) is 12.5. The fraction of sp³-hybridized carbons (Fsp3) is 0.294. The van der Waals surface area contributed by atoms with Crippen molar-refractivity contribution in [3.63, 3.8) is 0 Å². The molecule has 27 heavy (non-hydrogen) atoms. The van der Waals surface area contributed by atoms with Crippen molar-refractivity contribution in [2.75, 3.05) is 0 Å². The van der Waals surface area contributed by atoms with Gasteiger partial charge in [-0.15, -0.1) is 0 Å². The zero-order chi connectivity index (χ0) is 20.2. The van der Waals surface area contributed by atoms with Crippen LogP contribution in [0.1, 0.15) is 25.0 Å². The van der Waals surface area contributed by atoms with Crippen LogP contribution in [0.5, 0.6) is 0 Å². The van der Waals surface area contributed by atoms with Gasteiger partial charge >= 0.3 is 0 Å². The second kappa shape index (κ2) is 8.42. The second-order valence-corrected chi connectivity index (χ2v) is 9.69. The lowest BCUT2D eigenvalue weighted by Gasteiger charge is -2.13. The first-order valence-electron chi connectivity index (χ1n) is 8.02. The number of benzene rings is 2. The number of hydrogen-bond donors (Lipinski definition) is 2. The molecule has 0 spiro atoms. The molecule has 0 atom stereocenters. The Hall–Kier alpha value is -1.88. The average molecular weight is 418 g/mol. The van der Waals surface area contributed by atoms with Crippen LogP contribution in [0, 0.1) is 11.6 Å². The average Bonchev–Trinajstić information content (AvgIpc) is 2.54. The van der Waals surface area contributed by atoms with Gasteiger partial charge in [-0.25, -0.2) is 35.1 Å². The summed E-state index contributed by atoms with van der Waals surface area (Å²) in [4.78, 5) is -0.811. The molecule has 0 heterocycles. The first-order valence-corrected chi connectivity index (χ1v) is 11.2. The summed E-state index contributed by atoms with van der Waals surface area (Å²) in [5.41, 5.74) is 0.806. The molecule has 0 aliphatic rings. The molecule has 0 aromatic heterocycles. The largest absolute Gasteiger partial charge is 0.243 e. The fourth-order valence-electron chi connectivity index (χ4n) is 2.41. The Kier molecular flexibility index (Phi) is 6.68. The molecule has 2 aromatic carbocycles. The molecule has 2 aromatic rings. The van der Waals surface area contributed by atoms with Crippen LogP contribution in [0.25, 0.3) is 0 Å². The standard InChI is InChI=1S/C17H20F2N2O4S2/c1-12(2)21-26(22,23)11-14-6-4-3-5-13(14)10-20-27(24,25)17-9-15(18)7-8-16(17)19/h3-9,12,20-21H,10-11H2,1-2H3. The minimum atomic E-state index is -4.32. The van der Waals surface area contributed by atoms with Gasteiger partial charge < -0.3 is 0 Å². The second-order valence-electron chi connectivity index (χ2n) is 6.20. The van der Waals surface area contributed by atoms with Gasteiger partial charge in [-0.3, -0.25) is 0 Å². The van der Waals surface area contributed by atoms with Crippen molar-refractivity contribution in [2.24, 2.45) is 0 Å². The quantitative estimate of drug-likeness (QED) is 0.688. The van der Waals surface area contributed by atoms with Crippen molar-refractivity contribution in [2.45, 2.75) is 37.1 Å². The zero-order valence-corrected chi connectivity index (χ0v) is 16.4. The molecular weight excluding hydrogens is 398 g/mol. The third-order valence-electron chi connectivity index (χ3n) is 3.51. The molecule has 0 radical (unpaired) electrons. The SMILES string of the molecule is CC(C)NS(=O)(=O)Cc1ccccc1CNS(=O)(=O)c1cc(F)ccc1F. The van der Waals surface area contributed by atoms with E-state index in [9.17, 15) is 25.6 Å². The molecule has 0 aliphatic heterocycles. The lowest BCUT2D eigenvalue weighted by molar-refractivity contribution is 0.545. The molecule has 0 fully saturated rings. The van der Waals surface area contributed by atoms with E-state index in [-0.39, 0.29) is 18.3 Å². The molecule has 0 bridgehead atoms. The van der Waals surface area contributed by atoms with E-state index in [0.717, 1.165) is 12.1 Å². The molecule has 2 N–H and O–H groups in total. The van der Waals surface area contributed by atoms with Crippen LogP contribution in [0.2, 0.25) is 0 Å². The molecule has 0 aliphatic carbocycles. The molecule has 2 rings (SSSR count). The third kappa shape index (κ3) is 6.06. The van der Waals surface area contributed by atoms with Crippen molar-refractivity contribution in [3.8, 4) is 0 Å². The summed E-state index contributed by atoms with van der Waals surface area (Å²) in [6.07, 6.45) is 0. The van der Waals surface area contributed by atoms with Crippen LogP contribution >= 0.6 is 0 Å². The van der Waals surface area contributed by atoms with Gasteiger partial charge in [0.15, 0.2) is 0 Å². The number of halogens is 2. The van der Waals surface area contributed by atoms with E-state index in [1.807, 2.05) is 0 Å². The number of hydrogen-bond acceptors (Lipinski definition) is 4. The molecule has 0 amide bonds. The predicted octanol–water partition coefficient (Wildman–Crippen LogP) is 2.27. The maximum atomic E-state index is 13.7. The highest BCUT2D eigenvalue weighted by molar-refractivity contribution is 7.89. The number of rotatable bonds is 8. The Bertz CT molecular complexity index is 1020.